The van der Waals surface area contributed by atoms with E-state index in [-0.39, 0.29) is 32.3 Å². The minimum Gasteiger partial charge on any atom is -0.306 e. The lowest BCUT2D eigenvalue weighted by Crippen LogP contribution is -2.34. The van der Waals surface area contributed by atoms with E-state index in [4.69, 9.17) is 11.6 Å². The largest absolute Gasteiger partial charge is 0.333 e. The molecule has 0 unspecified atom stereocenters. The van der Waals surface area contributed by atoms with Crippen molar-refractivity contribution in [1.29, 1.82) is 0 Å². The smallest absolute Gasteiger partial charge is 0.306 e. The number of carbonyl (C=O) groups is 1. The molecule has 0 aliphatic rings. The minimum absolute atomic E-state index is 0.0496. The number of hydrogen-bond acceptors (Lipinski definition) is 4. The van der Waals surface area contributed by atoms with Gasteiger partial charge in [-0.1, -0.05) is 47.6 Å². The van der Waals surface area contributed by atoms with Gasteiger partial charge in [-0.25, -0.2) is 17.9 Å². The summed E-state index contributed by atoms with van der Waals surface area (Å²) in [5.41, 5.74) is 0.0645. The first kappa shape index (κ1) is 18.5. The van der Waals surface area contributed by atoms with E-state index in [9.17, 15) is 22.0 Å². The Balaban J connectivity index is 2.16. The van der Waals surface area contributed by atoms with Crippen molar-refractivity contribution in [3.63, 3.8) is 0 Å². The van der Waals surface area contributed by atoms with Crippen LogP contribution < -0.4 is 10.0 Å². The lowest BCUT2D eigenvalue weighted by molar-refractivity contribution is 0.251. The summed E-state index contributed by atoms with van der Waals surface area (Å²) in [4.78, 5) is 11.8. The van der Waals surface area contributed by atoms with Gasteiger partial charge in [0.25, 0.3) is 15.8 Å². The Morgan fingerprint density at radius 1 is 1.08 bits per heavy atom. The molecule has 2 amide bonds. The third-order valence-corrected chi connectivity index (χ3v) is 5.32. The maximum absolute atomic E-state index is 12.5. The summed E-state index contributed by atoms with van der Waals surface area (Å²) in [7, 11) is -4.20. The fourth-order valence-electron chi connectivity index (χ4n) is 1.76. The third-order valence-electron chi connectivity index (χ3n) is 2.70. The summed E-state index contributed by atoms with van der Waals surface area (Å²) < 4.78 is 51.1. The van der Waals surface area contributed by atoms with Crippen molar-refractivity contribution in [3.05, 3.63) is 53.6 Å². The zero-order valence-corrected chi connectivity index (χ0v) is 14.3. The number of rotatable bonds is 5. The first-order valence-electron chi connectivity index (χ1n) is 6.42. The van der Waals surface area contributed by atoms with E-state index in [0.29, 0.717) is 0 Å². The molecule has 2 rings (SSSR count). The highest BCUT2D eigenvalue weighted by Crippen LogP contribution is 2.31. The quantitative estimate of drug-likeness (QED) is 0.749. The molecule has 0 saturated carbocycles. The molecule has 10 heteroatoms. The summed E-state index contributed by atoms with van der Waals surface area (Å²) in [6, 6.07) is 10.3. The molecular weight excluding hydrogens is 382 g/mol. The molecule has 0 radical (unpaired) electrons. The molecule has 0 saturated heterocycles. The number of thioether (sulfide) groups is 1. The minimum atomic E-state index is -4.20. The number of halogens is 3. The summed E-state index contributed by atoms with van der Waals surface area (Å²) in [5, 5.41) is 2.19. The fourth-order valence-corrected chi connectivity index (χ4v) is 3.78. The van der Waals surface area contributed by atoms with Crippen LogP contribution in [0.5, 0.6) is 0 Å². The second kappa shape index (κ2) is 7.82. The molecule has 0 bridgehead atoms. The van der Waals surface area contributed by atoms with Crippen LogP contribution in [-0.2, 0) is 10.0 Å². The van der Waals surface area contributed by atoms with Crippen LogP contribution in [0.15, 0.2) is 58.3 Å². The predicted molar refractivity (Wildman–Crippen MR) is 89.1 cm³/mol. The summed E-state index contributed by atoms with van der Waals surface area (Å²) in [5.74, 6) is -2.68. The first-order valence-corrected chi connectivity index (χ1v) is 9.16. The Morgan fingerprint density at radius 2 is 1.71 bits per heavy atom. The Kier molecular flexibility index (Phi) is 6.03. The van der Waals surface area contributed by atoms with Crippen LogP contribution >= 0.6 is 23.4 Å². The van der Waals surface area contributed by atoms with Crippen molar-refractivity contribution in [1.82, 2.24) is 4.72 Å². The molecular formula is C14H11ClF2N2O3S2. The Bertz CT molecular complexity index is 847. The molecule has 5 nitrogen and oxygen atoms in total. The number of nitrogens with one attached hydrogen (secondary N) is 2. The first-order chi connectivity index (χ1) is 11.3. The number of urea groups is 1. The van der Waals surface area contributed by atoms with Crippen LogP contribution in [0.1, 0.15) is 0 Å². The molecule has 2 N–H and O–H groups in total. The van der Waals surface area contributed by atoms with Crippen molar-refractivity contribution in [3.8, 4) is 0 Å². The number of anilines is 1. The van der Waals surface area contributed by atoms with Gasteiger partial charge in [-0.15, -0.1) is 0 Å². The average molecular weight is 393 g/mol. The normalized spacial score (nSPS) is 11.3. The Labute approximate surface area is 146 Å². The summed E-state index contributed by atoms with van der Waals surface area (Å²) in [6.45, 7) is 0. The van der Waals surface area contributed by atoms with Gasteiger partial charge in [0, 0.05) is 4.90 Å². The van der Waals surface area contributed by atoms with Gasteiger partial charge in [0.1, 0.15) is 4.90 Å². The second-order valence-corrected chi connectivity index (χ2v) is 7.45. The molecule has 0 aliphatic heterocycles. The average Bonchev–Trinajstić information content (AvgIpc) is 2.48. The predicted octanol–water partition coefficient (Wildman–Crippen LogP) is 4.17. The molecule has 0 spiro atoms. The van der Waals surface area contributed by atoms with Gasteiger partial charge in [0.2, 0.25) is 0 Å². The van der Waals surface area contributed by atoms with Gasteiger partial charge in [0.15, 0.2) is 0 Å². The number of carbonyl (C=O) groups excluding carboxylic acids is 1. The molecule has 2 aromatic rings. The van der Waals surface area contributed by atoms with Gasteiger partial charge in [-0.2, -0.15) is 8.78 Å². The maximum Gasteiger partial charge on any atom is 0.333 e. The molecule has 2 aromatic carbocycles. The highest BCUT2D eigenvalue weighted by atomic mass is 35.5. The lowest BCUT2D eigenvalue weighted by atomic mass is 10.3. The van der Waals surface area contributed by atoms with Crippen molar-refractivity contribution in [2.45, 2.75) is 15.5 Å². The molecule has 0 aromatic heterocycles. The Morgan fingerprint density at radius 3 is 2.38 bits per heavy atom. The van der Waals surface area contributed by atoms with E-state index in [2.05, 4.69) is 5.32 Å². The van der Waals surface area contributed by atoms with Crippen LogP contribution in [0.25, 0.3) is 0 Å². The van der Waals surface area contributed by atoms with E-state index >= 15 is 0 Å². The molecule has 0 heterocycles. The lowest BCUT2D eigenvalue weighted by Gasteiger charge is -2.12. The zero-order valence-electron chi connectivity index (χ0n) is 11.9. The molecule has 0 fully saturated rings. The van der Waals surface area contributed by atoms with Crippen molar-refractivity contribution in [2.24, 2.45) is 0 Å². The van der Waals surface area contributed by atoms with Crippen molar-refractivity contribution < 1.29 is 22.0 Å². The van der Waals surface area contributed by atoms with Crippen LogP contribution in [0.4, 0.5) is 19.3 Å². The summed E-state index contributed by atoms with van der Waals surface area (Å²) >= 11 is 6.03. The van der Waals surface area contributed by atoms with Crippen LogP contribution in [0, 0.1) is 0 Å². The standard InChI is InChI=1S/C14H11ClF2N2O3S2/c15-9-5-1-4-8-12(9)24(21,22)19-14(20)18-10-6-2-3-7-11(10)23-13(16)17/h1-8,13H,(H2,18,19,20). The number of benzene rings is 2. The van der Waals surface area contributed by atoms with Gasteiger partial charge in [-0.05, 0) is 24.3 Å². The van der Waals surface area contributed by atoms with E-state index in [1.807, 2.05) is 0 Å². The Hall–Kier alpha value is -1.84. The van der Waals surface area contributed by atoms with E-state index in [1.54, 1.807) is 10.8 Å². The molecule has 0 atom stereocenters. The fraction of sp³-hybridized carbons (Fsp3) is 0.0714. The van der Waals surface area contributed by atoms with Gasteiger partial charge >= 0.3 is 6.03 Å². The number of para-hydroxylation sites is 1. The van der Waals surface area contributed by atoms with Crippen molar-refractivity contribution >= 4 is 45.1 Å². The second-order valence-electron chi connectivity index (χ2n) is 4.36. The van der Waals surface area contributed by atoms with E-state index in [0.717, 1.165) is 0 Å². The molecule has 0 aliphatic carbocycles. The topological polar surface area (TPSA) is 75.3 Å². The number of hydrogen-bond donors (Lipinski definition) is 2. The summed E-state index contributed by atoms with van der Waals surface area (Å²) in [6.07, 6.45) is 0. The van der Waals surface area contributed by atoms with Gasteiger partial charge < -0.3 is 5.32 Å². The zero-order chi connectivity index (χ0) is 17.7. The van der Waals surface area contributed by atoms with E-state index in [1.165, 1.54) is 42.5 Å². The maximum atomic E-state index is 12.5. The highest BCUT2D eigenvalue weighted by molar-refractivity contribution is 7.99. The third kappa shape index (κ3) is 4.83. The van der Waals surface area contributed by atoms with Crippen LogP contribution in [0.3, 0.4) is 0 Å². The van der Waals surface area contributed by atoms with E-state index < -0.39 is 21.8 Å². The molecule has 128 valence electrons. The SMILES string of the molecule is O=C(Nc1ccccc1SC(F)F)NS(=O)(=O)c1ccccc1Cl. The van der Waals surface area contributed by atoms with Crippen LogP contribution in [0.2, 0.25) is 5.02 Å². The number of sulfonamides is 1. The van der Waals surface area contributed by atoms with Gasteiger partial charge in [-0.3, -0.25) is 0 Å². The highest BCUT2D eigenvalue weighted by Gasteiger charge is 2.21. The monoisotopic (exact) mass is 392 g/mol. The van der Waals surface area contributed by atoms with Crippen molar-refractivity contribution in [2.75, 3.05) is 5.32 Å². The number of alkyl halides is 2. The van der Waals surface area contributed by atoms with Crippen LogP contribution in [-0.4, -0.2) is 20.2 Å². The molecule has 24 heavy (non-hydrogen) atoms. The van der Waals surface area contributed by atoms with Gasteiger partial charge in [0.05, 0.1) is 10.7 Å². The number of amides is 2.